The molecule has 8 aromatic rings. The third kappa shape index (κ3) is 4.66. The summed E-state index contributed by atoms with van der Waals surface area (Å²) < 4.78 is 8.02. The van der Waals surface area contributed by atoms with Gasteiger partial charge in [0.05, 0.1) is 11.0 Å². The fourth-order valence-electron chi connectivity index (χ4n) is 6.42. The van der Waals surface area contributed by atoms with Gasteiger partial charge in [-0.15, -0.1) is 0 Å². The molecule has 0 fully saturated rings. The van der Waals surface area contributed by atoms with Crippen molar-refractivity contribution in [3.8, 4) is 28.5 Å². The number of aromatic nitrogens is 3. The summed E-state index contributed by atoms with van der Waals surface area (Å²) in [6.07, 6.45) is 0. The molecule has 0 aliphatic rings. The maximum Gasteiger partial charge on any atom is 0.258 e. The molecule has 0 N–H and O–H groups in total. The van der Waals surface area contributed by atoms with Crippen molar-refractivity contribution >= 4 is 38.9 Å². The SMILES string of the molecule is Cc1cc(-n2c3ccccc3c3cc(N(c4ccccc4)c4ccccc4)ccc32)cc(C)c1-c1noc(-c2ccccc2)n1. The first-order valence-electron chi connectivity index (χ1n) is 15.1. The second kappa shape index (κ2) is 11.0. The molecule has 5 nitrogen and oxygen atoms in total. The largest absolute Gasteiger partial charge is 0.334 e. The molecule has 0 atom stereocenters. The zero-order valence-corrected chi connectivity index (χ0v) is 25.1. The summed E-state index contributed by atoms with van der Waals surface area (Å²) >= 11 is 0. The van der Waals surface area contributed by atoms with Crippen molar-refractivity contribution in [2.75, 3.05) is 4.90 Å². The Hall–Kier alpha value is -5.94. The second-order valence-corrected chi connectivity index (χ2v) is 11.3. The van der Waals surface area contributed by atoms with Crippen LogP contribution in [0.5, 0.6) is 0 Å². The molecule has 2 heterocycles. The van der Waals surface area contributed by atoms with Gasteiger partial charge in [0.2, 0.25) is 5.82 Å². The fourth-order valence-corrected chi connectivity index (χ4v) is 6.42. The lowest BCUT2D eigenvalue weighted by Gasteiger charge is -2.25. The number of benzene rings is 6. The van der Waals surface area contributed by atoms with E-state index in [1.54, 1.807) is 0 Å². The molecule has 0 aliphatic carbocycles. The Kier molecular flexibility index (Phi) is 6.50. The molecular weight excluding hydrogens is 552 g/mol. The highest BCUT2D eigenvalue weighted by Crippen LogP contribution is 2.40. The summed E-state index contributed by atoms with van der Waals surface area (Å²) in [5.41, 5.74) is 10.8. The molecule has 216 valence electrons. The molecule has 8 rings (SSSR count). The highest BCUT2D eigenvalue weighted by Gasteiger charge is 2.20. The van der Waals surface area contributed by atoms with E-state index in [1.165, 1.54) is 10.8 Å². The van der Waals surface area contributed by atoms with E-state index in [1.807, 2.05) is 30.3 Å². The third-order valence-electron chi connectivity index (χ3n) is 8.39. The van der Waals surface area contributed by atoms with E-state index in [4.69, 9.17) is 9.51 Å². The van der Waals surface area contributed by atoms with Crippen molar-refractivity contribution in [1.29, 1.82) is 0 Å². The number of fused-ring (bicyclic) bond motifs is 3. The summed E-state index contributed by atoms with van der Waals surface area (Å²) in [5.74, 6) is 1.12. The summed E-state index contributed by atoms with van der Waals surface area (Å²) in [7, 11) is 0. The Labute approximate surface area is 261 Å². The number of nitrogens with zero attached hydrogens (tertiary/aromatic N) is 4. The van der Waals surface area contributed by atoms with E-state index in [0.717, 1.165) is 56.0 Å². The van der Waals surface area contributed by atoms with Gasteiger partial charge in [0.25, 0.3) is 5.89 Å². The Morgan fingerprint density at radius 1 is 0.556 bits per heavy atom. The van der Waals surface area contributed by atoms with Crippen molar-refractivity contribution in [1.82, 2.24) is 14.7 Å². The predicted molar refractivity (Wildman–Crippen MR) is 184 cm³/mol. The standard InChI is InChI=1S/C40H30N4O/c1-27-24-33(25-28(2)38(27)39-41-40(45-42-39)29-14-6-3-7-15-29)44-36-21-13-12-20-34(36)35-26-32(22-23-37(35)44)43(30-16-8-4-9-17-30)31-18-10-5-11-19-31/h3-26H,1-2H3. The quantitative estimate of drug-likeness (QED) is 0.196. The molecule has 0 spiro atoms. The Morgan fingerprint density at radius 2 is 1.13 bits per heavy atom. The molecule has 0 bridgehead atoms. The van der Waals surface area contributed by atoms with Gasteiger partial charge >= 0.3 is 0 Å². The van der Waals surface area contributed by atoms with E-state index in [9.17, 15) is 0 Å². The van der Waals surface area contributed by atoms with E-state index in [2.05, 4.69) is 144 Å². The maximum atomic E-state index is 5.66. The Bertz CT molecular complexity index is 2220. The summed E-state index contributed by atoms with van der Waals surface area (Å²) in [5, 5.41) is 6.76. The van der Waals surface area contributed by atoms with Crippen molar-refractivity contribution in [3.05, 3.63) is 157 Å². The van der Waals surface area contributed by atoms with Crippen LogP contribution >= 0.6 is 0 Å². The number of aryl methyl sites for hydroxylation is 2. The molecule has 45 heavy (non-hydrogen) atoms. The van der Waals surface area contributed by atoms with Crippen molar-refractivity contribution < 1.29 is 4.52 Å². The summed E-state index contributed by atoms with van der Waals surface area (Å²) in [6.45, 7) is 4.24. The van der Waals surface area contributed by atoms with Crippen LogP contribution in [-0.4, -0.2) is 14.7 Å². The molecule has 0 radical (unpaired) electrons. The number of para-hydroxylation sites is 3. The number of anilines is 3. The highest BCUT2D eigenvalue weighted by molar-refractivity contribution is 6.10. The second-order valence-electron chi connectivity index (χ2n) is 11.3. The minimum absolute atomic E-state index is 0.520. The predicted octanol–water partition coefficient (Wildman–Crippen LogP) is 10.6. The van der Waals surface area contributed by atoms with Gasteiger partial charge in [-0.3, -0.25) is 0 Å². The van der Waals surface area contributed by atoms with E-state index < -0.39 is 0 Å². The Balaban J connectivity index is 1.27. The van der Waals surface area contributed by atoms with Crippen LogP contribution < -0.4 is 4.90 Å². The summed E-state index contributed by atoms with van der Waals surface area (Å²) in [6, 6.07) is 50.8. The van der Waals surface area contributed by atoms with E-state index in [0.29, 0.717) is 11.7 Å². The zero-order valence-electron chi connectivity index (χ0n) is 25.1. The lowest BCUT2D eigenvalue weighted by atomic mass is 10.0. The first-order valence-corrected chi connectivity index (χ1v) is 15.1. The van der Waals surface area contributed by atoms with Crippen LogP contribution in [0.3, 0.4) is 0 Å². The molecule has 0 saturated heterocycles. The van der Waals surface area contributed by atoms with Crippen LogP contribution in [0.4, 0.5) is 17.1 Å². The topological polar surface area (TPSA) is 47.1 Å². The van der Waals surface area contributed by atoms with Gasteiger partial charge in [-0.25, -0.2) is 0 Å². The van der Waals surface area contributed by atoms with E-state index >= 15 is 0 Å². The smallest absolute Gasteiger partial charge is 0.258 e. The molecule has 6 aromatic carbocycles. The molecule has 5 heteroatoms. The van der Waals surface area contributed by atoms with Gasteiger partial charge in [-0.05, 0) is 97.8 Å². The number of hydrogen-bond donors (Lipinski definition) is 0. The molecule has 0 saturated carbocycles. The van der Waals surface area contributed by atoms with Crippen molar-refractivity contribution in [3.63, 3.8) is 0 Å². The highest BCUT2D eigenvalue weighted by atomic mass is 16.5. The van der Waals surface area contributed by atoms with Gasteiger partial charge in [-0.2, -0.15) is 4.98 Å². The van der Waals surface area contributed by atoms with Gasteiger partial charge < -0.3 is 14.0 Å². The first-order chi connectivity index (χ1) is 22.2. The van der Waals surface area contributed by atoms with Crippen LogP contribution in [0, 0.1) is 13.8 Å². The maximum absolute atomic E-state index is 5.66. The van der Waals surface area contributed by atoms with E-state index in [-0.39, 0.29) is 0 Å². The van der Waals surface area contributed by atoms with Crippen LogP contribution in [0.25, 0.3) is 50.3 Å². The third-order valence-corrected chi connectivity index (χ3v) is 8.39. The van der Waals surface area contributed by atoms with Gasteiger partial charge in [-0.1, -0.05) is 78.0 Å². The number of rotatable bonds is 6. The molecule has 0 aliphatic heterocycles. The van der Waals surface area contributed by atoms with Gasteiger partial charge in [0.1, 0.15) is 0 Å². The lowest BCUT2D eigenvalue weighted by molar-refractivity contribution is 0.432. The zero-order chi connectivity index (χ0) is 30.3. The summed E-state index contributed by atoms with van der Waals surface area (Å²) in [4.78, 5) is 7.06. The van der Waals surface area contributed by atoms with Crippen LogP contribution in [0.2, 0.25) is 0 Å². The lowest BCUT2D eigenvalue weighted by Crippen LogP contribution is -2.09. The average Bonchev–Trinajstić information content (AvgIpc) is 3.69. The van der Waals surface area contributed by atoms with Crippen LogP contribution in [-0.2, 0) is 0 Å². The van der Waals surface area contributed by atoms with Gasteiger partial charge in [0.15, 0.2) is 0 Å². The van der Waals surface area contributed by atoms with Crippen molar-refractivity contribution in [2.24, 2.45) is 0 Å². The minimum atomic E-state index is 0.520. The Morgan fingerprint density at radius 3 is 1.80 bits per heavy atom. The normalized spacial score (nSPS) is 11.3. The molecular formula is C40H30N4O. The van der Waals surface area contributed by atoms with Crippen LogP contribution in [0.1, 0.15) is 11.1 Å². The molecule has 0 amide bonds. The van der Waals surface area contributed by atoms with Crippen LogP contribution in [0.15, 0.2) is 150 Å². The molecule has 2 aromatic heterocycles. The van der Waals surface area contributed by atoms with Crippen molar-refractivity contribution in [2.45, 2.75) is 13.8 Å². The average molecular weight is 583 g/mol. The monoisotopic (exact) mass is 582 g/mol. The minimum Gasteiger partial charge on any atom is -0.334 e. The first kappa shape index (κ1) is 26.7. The number of hydrogen-bond acceptors (Lipinski definition) is 4. The molecule has 0 unspecified atom stereocenters. The van der Waals surface area contributed by atoms with Gasteiger partial charge in [0, 0.05) is 44.6 Å². The fraction of sp³-hybridized carbons (Fsp3) is 0.0500.